The summed E-state index contributed by atoms with van der Waals surface area (Å²) < 4.78 is 1.98. The van der Waals surface area contributed by atoms with Crippen molar-refractivity contribution >= 4 is 51.7 Å². The number of aromatic nitrogens is 2. The van der Waals surface area contributed by atoms with E-state index in [4.69, 9.17) is 12.2 Å². The number of fused-ring (bicyclic) bond motifs is 1. The van der Waals surface area contributed by atoms with Crippen molar-refractivity contribution in [3.63, 3.8) is 0 Å². The topological polar surface area (TPSA) is 66.7 Å². The number of hydrogen-bond donors (Lipinski definition) is 1. The van der Waals surface area contributed by atoms with Crippen LogP contribution < -0.4 is 10.9 Å². The Morgan fingerprint density at radius 1 is 1.13 bits per heavy atom. The van der Waals surface area contributed by atoms with E-state index < -0.39 is 0 Å². The molecule has 3 aromatic rings. The van der Waals surface area contributed by atoms with E-state index >= 15 is 0 Å². The molecule has 4 rings (SSSR count). The maximum atomic E-state index is 13.2. The van der Waals surface area contributed by atoms with Gasteiger partial charge < -0.3 is 5.32 Å². The number of nitrogens with zero attached hydrogens (tertiary/aromatic N) is 3. The third-order valence-corrected chi connectivity index (χ3v) is 6.16. The molecule has 0 atom stereocenters. The molecule has 1 amide bonds. The molecule has 1 saturated heterocycles. The first-order chi connectivity index (χ1) is 14.6. The molecular weight excluding hydrogens is 416 g/mol. The molecule has 3 heterocycles. The Morgan fingerprint density at radius 2 is 1.90 bits per heavy atom. The van der Waals surface area contributed by atoms with E-state index in [2.05, 4.69) is 22.4 Å². The van der Waals surface area contributed by atoms with Crippen molar-refractivity contribution < 1.29 is 4.79 Å². The largest absolute Gasteiger partial charge is 0.369 e. The minimum atomic E-state index is -0.232. The maximum Gasteiger partial charge on any atom is 0.267 e. The second kappa shape index (κ2) is 8.81. The van der Waals surface area contributed by atoms with Gasteiger partial charge in [0.2, 0.25) is 0 Å². The van der Waals surface area contributed by atoms with Crippen LogP contribution in [0.25, 0.3) is 11.7 Å². The molecule has 2 aromatic heterocycles. The first kappa shape index (κ1) is 20.3. The lowest BCUT2D eigenvalue weighted by atomic mass is 10.1. The molecule has 0 bridgehead atoms. The highest BCUT2D eigenvalue weighted by molar-refractivity contribution is 8.26. The van der Waals surface area contributed by atoms with Crippen LogP contribution >= 0.6 is 24.0 Å². The third-order valence-electron chi connectivity index (χ3n) is 4.78. The fourth-order valence-electron chi connectivity index (χ4n) is 3.24. The van der Waals surface area contributed by atoms with Crippen molar-refractivity contribution in [2.45, 2.75) is 13.3 Å². The molecule has 1 aromatic carbocycles. The van der Waals surface area contributed by atoms with Gasteiger partial charge >= 0.3 is 0 Å². The van der Waals surface area contributed by atoms with Crippen molar-refractivity contribution in [3.8, 4) is 0 Å². The number of amides is 1. The number of likely N-dealkylation sites (N-methyl/N-ethyl adjacent to an activating group) is 1. The highest BCUT2D eigenvalue weighted by atomic mass is 32.2. The molecule has 6 nitrogen and oxygen atoms in total. The first-order valence-electron chi connectivity index (χ1n) is 9.63. The molecule has 0 aliphatic carbocycles. The van der Waals surface area contributed by atoms with Crippen LogP contribution in [0.3, 0.4) is 0 Å². The zero-order valence-corrected chi connectivity index (χ0v) is 18.0. The van der Waals surface area contributed by atoms with Crippen LogP contribution in [0.1, 0.15) is 18.1 Å². The number of rotatable bonds is 6. The van der Waals surface area contributed by atoms with Crippen LogP contribution in [-0.4, -0.2) is 37.6 Å². The smallest absolute Gasteiger partial charge is 0.267 e. The number of carbonyl (C=O) groups is 1. The van der Waals surface area contributed by atoms with Gasteiger partial charge in [0.25, 0.3) is 11.5 Å². The van der Waals surface area contributed by atoms with Gasteiger partial charge in [-0.3, -0.25) is 18.9 Å². The van der Waals surface area contributed by atoms with E-state index in [1.54, 1.807) is 24.4 Å². The normalized spacial score (nSPS) is 15.4. The summed E-state index contributed by atoms with van der Waals surface area (Å²) in [5, 5.41) is 3.28. The minimum Gasteiger partial charge on any atom is -0.369 e. The number of anilines is 1. The van der Waals surface area contributed by atoms with Gasteiger partial charge in [-0.25, -0.2) is 4.98 Å². The lowest BCUT2D eigenvalue weighted by molar-refractivity contribution is -0.121. The lowest BCUT2D eigenvalue weighted by Gasteiger charge is -2.11. The van der Waals surface area contributed by atoms with Crippen LogP contribution in [0.15, 0.2) is 64.4 Å². The van der Waals surface area contributed by atoms with Crippen LogP contribution in [0.4, 0.5) is 5.82 Å². The van der Waals surface area contributed by atoms with Gasteiger partial charge in [0.15, 0.2) is 0 Å². The zero-order valence-electron chi connectivity index (χ0n) is 16.4. The molecule has 1 aliphatic heterocycles. The van der Waals surface area contributed by atoms with Gasteiger partial charge in [-0.15, -0.1) is 0 Å². The molecule has 152 valence electrons. The number of hydrogen-bond acceptors (Lipinski definition) is 6. The van der Waals surface area contributed by atoms with E-state index in [9.17, 15) is 9.59 Å². The van der Waals surface area contributed by atoms with Crippen molar-refractivity contribution in [2.24, 2.45) is 0 Å². The minimum absolute atomic E-state index is 0.180. The summed E-state index contributed by atoms with van der Waals surface area (Å²) in [6.45, 7) is 2.98. The maximum absolute atomic E-state index is 13.2. The standard InChI is InChI=1S/C22H20N4O2S2/c1-2-25-21(28)17(30-22(25)29)14-16-19(23-12-11-15-8-4-3-5-9-15)24-18-10-6-7-13-26(18)20(16)27/h3-10,13-14,23H,2,11-12H2,1H3/b17-14-. The van der Waals surface area contributed by atoms with Gasteiger partial charge in [-0.1, -0.05) is 60.4 Å². The highest BCUT2D eigenvalue weighted by Gasteiger charge is 2.31. The molecule has 0 unspecified atom stereocenters. The Labute approximate surface area is 183 Å². The number of carbonyl (C=O) groups excluding carboxylic acids is 1. The van der Waals surface area contributed by atoms with Gasteiger partial charge in [0.05, 0.1) is 10.5 Å². The van der Waals surface area contributed by atoms with Gasteiger partial charge in [-0.05, 0) is 37.1 Å². The SMILES string of the molecule is CCN1C(=O)/C(=C/c2c(NCCc3ccccc3)nc3ccccn3c2=O)SC1=S. The van der Waals surface area contributed by atoms with Gasteiger partial charge in [-0.2, -0.15) is 0 Å². The van der Waals surface area contributed by atoms with Crippen LogP contribution in [0.2, 0.25) is 0 Å². The van der Waals surface area contributed by atoms with E-state index in [-0.39, 0.29) is 11.5 Å². The molecule has 0 spiro atoms. The summed E-state index contributed by atoms with van der Waals surface area (Å²) in [6, 6.07) is 15.5. The molecule has 0 saturated carbocycles. The molecule has 1 fully saturated rings. The van der Waals surface area contributed by atoms with E-state index in [0.29, 0.717) is 39.3 Å². The van der Waals surface area contributed by atoms with Crippen LogP contribution in [0.5, 0.6) is 0 Å². The zero-order chi connectivity index (χ0) is 21.1. The van der Waals surface area contributed by atoms with Crippen LogP contribution in [0, 0.1) is 0 Å². The van der Waals surface area contributed by atoms with Crippen molar-refractivity contribution in [3.05, 3.63) is 81.1 Å². The predicted octanol–water partition coefficient (Wildman–Crippen LogP) is 3.57. The summed E-state index contributed by atoms with van der Waals surface area (Å²) >= 11 is 6.50. The second-order valence-corrected chi connectivity index (χ2v) is 8.37. The summed E-state index contributed by atoms with van der Waals surface area (Å²) in [7, 11) is 0. The first-order valence-corrected chi connectivity index (χ1v) is 10.9. The number of thioether (sulfide) groups is 1. The molecule has 1 N–H and O–H groups in total. The highest BCUT2D eigenvalue weighted by Crippen LogP contribution is 2.32. The number of thiocarbonyl (C=S) groups is 1. The number of benzene rings is 1. The average molecular weight is 437 g/mol. The lowest BCUT2D eigenvalue weighted by Crippen LogP contribution is -2.27. The number of nitrogens with one attached hydrogen (secondary N) is 1. The van der Waals surface area contributed by atoms with Crippen molar-refractivity contribution in [1.82, 2.24) is 14.3 Å². The molecule has 0 radical (unpaired) electrons. The van der Waals surface area contributed by atoms with Gasteiger partial charge in [0.1, 0.15) is 15.8 Å². The second-order valence-electron chi connectivity index (χ2n) is 6.70. The van der Waals surface area contributed by atoms with Crippen molar-refractivity contribution in [1.29, 1.82) is 0 Å². The molecule has 8 heteroatoms. The molecular formula is C22H20N4O2S2. The van der Waals surface area contributed by atoms with Crippen LogP contribution in [-0.2, 0) is 11.2 Å². The van der Waals surface area contributed by atoms with E-state index in [1.807, 2.05) is 31.2 Å². The monoisotopic (exact) mass is 436 g/mol. The Bertz CT molecular complexity index is 1200. The van der Waals surface area contributed by atoms with Crippen molar-refractivity contribution in [2.75, 3.05) is 18.4 Å². The Morgan fingerprint density at radius 3 is 2.63 bits per heavy atom. The average Bonchev–Trinajstić information content (AvgIpc) is 3.03. The number of pyridine rings is 1. The summed E-state index contributed by atoms with van der Waals surface area (Å²) in [6.07, 6.45) is 4.07. The summed E-state index contributed by atoms with van der Waals surface area (Å²) in [5.74, 6) is 0.282. The van der Waals surface area contributed by atoms with Gasteiger partial charge in [0, 0.05) is 19.3 Å². The van der Waals surface area contributed by atoms with E-state index in [1.165, 1.54) is 26.6 Å². The summed E-state index contributed by atoms with van der Waals surface area (Å²) in [5.41, 5.74) is 1.85. The van der Waals surface area contributed by atoms with E-state index in [0.717, 1.165) is 6.42 Å². The molecule has 1 aliphatic rings. The quantitative estimate of drug-likeness (QED) is 0.471. The third kappa shape index (κ3) is 4.01. The fourth-order valence-corrected chi connectivity index (χ4v) is 4.61. The Balaban J connectivity index is 1.71. The Hall–Kier alpha value is -2.97. The molecule has 30 heavy (non-hydrogen) atoms. The Kier molecular flexibility index (Phi) is 5.96. The summed E-state index contributed by atoms with van der Waals surface area (Å²) in [4.78, 5) is 32.4. The fraction of sp³-hybridized carbons (Fsp3) is 0.182. The predicted molar refractivity (Wildman–Crippen MR) is 126 cm³/mol.